The lowest BCUT2D eigenvalue weighted by molar-refractivity contribution is -0.121. The molecular formula is C39H39ClN8O3. The molecule has 6 aromatic rings. The number of ether oxygens (including phenoxy) is 1. The summed E-state index contributed by atoms with van der Waals surface area (Å²) in [6.45, 7) is 1.68. The second-order valence-corrected chi connectivity index (χ2v) is 13.7. The van der Waals surface area contributed by atoms with Crippen LogP contribution in [0.4, 0.5) is 4.79 Å². The van der Waals surface area contributed by atoms with Gasteiger partial charge in [0.05, 0.1) is 54.1 Å². The van der Waals surface area contributed by atoms with Crippen LogP contribution < -0.4 is 10.6 Å². The van der Waals surface area contributed by atoms with E-state index in [1.165, 1.54) is 19.1 Å². The third-order valence-electron chi connectivity index (χ3n) is 10.7. The molecule has 1 fully saturated rings. The van der Waals surface area contributed by atoms with Crippen LogP contribution in [-0.2, 0) is 22.5 Å². The van der Waals surface area contributed by atoms with Gasteiger partial charge in [0.2, 0.25) is 0 Å². The number of amides is 1. The molecular weight excluding hydrogens is 664 g/mol. The van der Waals surface area contributed by atoms with Gasteiger partial charge < -0.3 is 29.9 Å². The second-order valence-electron chi connectivity index (χ2n) is 13.7. The lowest BCUT2D eigenvalue weighted by Crippen LogP contribution is -2.44. The van der Waals surface area contributed by atoms with Crippen molar-refractivity contribution in [3.8, 4) is 33.8 Å². The number of H-pyrrole nitrogens is 2. The topological polar surface area (TPSA) is 143 Å². The maximum Gasteiger partial charge on any atom is 0.407 e. The first kappa shape index (κ1) is 32.9. The summed E-state index contributed by atoms with van der Waals surface area (Å²) in [5.41, 5.74) is 9.07. The van der Waals surface area contributed by atoms with Crippen LogP contribution in [0.5, 0.6) is 0 Å². The van der Waals surface area contributed by atoms with Crippen molar-refractivity contribution in [2.24, 2.45) is 0 Å². The maximum absolute atomic E-state index is 13.8. The SMILES string of the molecule is COC(=O)N[C@H]1CCc2ccn3c2C1C(=O)C[C@H](c1ncc(-c2ccc(-c4ccc5cc(-c6cnc([C@@H]7CCCN7)[nH]6)ccc5n4)cc2)[nH]1)C3.Cl. The molecule has 0 spiro atoms. The van der Waals surface area contributed by atoms with Gasteiger partial charge in [-0.2, -0.15) is 0 Å². The summed E-state index contributed by atoms with van der Waals surface area (Å²) in [6.07, 6.45) is 9.47. The number of carbonyl (C=O) groups is 2. The number of imidazole rings is 2. The summed E-state index contributed by atoms with van der Waals surface area (Å²) in [5.74, 6) is 1.40. The van der Waals surface area contributed by atoms with E-state index in [0.717, 1.165) is 81.4 Å². The molecule has 1 saturated heterocycles. The third kappa shape index (κ3) is 6.10. The highest BCUT2D eigenvalue weighted by atomic mass is 35.5. The fraction of sp³-hybridized carbons (Fsp3) is 0.308. The standard InChI is InChI=1S/C39H38N8O3.ClH/c1-50-39(49)46-30-13-8-24-14-16-47-21-27(18-34(48)35(30)36(24)47)37-41-19-32(44-37)23-6-4-22(5-7-23)28-11-9-25-17-26(10-12-29(25)43-28)33-20-42-38(45-33)31-3-2-15-40-31;/h4-7,9-12,14,16-17,19-20,27,30-31,35,40H,2-3,8,13,15,18,21H2,1H3,(H,41,44)(H,42,45)(H,46,49);1H/t27-,30-,31-,35?;/m0./s1. The molecule has 4 aromatic heterocycles. The number of carbonyl (C=O) groups excluding carboxylic acids is 2. The molecule has 0 bridgehead atoms. The minimum atomic E-state index is -0.506. The monoisotopic (exact) mass is 702 g/mol. The average molecular weight is 703 g/mol. The number of Topliss-reactive ketones (excluding diaryl/α,β-unsaturated/α-hetero) is 1. The summed E-state index contributed by atoms with van der Waals surface area (Å²) in [4.78, 5) is 47.2. The van der Waals surface area contributed by atoms with Crippen LogP contribution in [0.15, 0.2) is 79.3 Å². The van der Waals surface area contributed by atoms with E-state index < -0.39 is 12.0 Å². The van der Waals surface area contributed by atoms with Gasteiger partial charge in [-0.25, -0.2) is 19.7 Å². The van der Waals surface area contributed by atoms with Crippen molar-refractivity contribution in [1.82, 2.24) is 40.1 Å². The van der Waals surface area contributed by atoms with Crippen LogP contribution in [0, 0.1) is 0 Å². The number of hydrogen-bond donors (Lipinski definition) is 4. The van der Waals surface area contributed by atoms with E-state index in [2.05, 4.69) is 97.0 Å². The third-order valence-corrected chi connectivity index (χ3v) is 10.7. The molecule has 12 heteroatoms. The molecule has 6 heterocycles. The molecule has 4 N–H and O–H groups in total. The van der Waals surface area contributed by atoms with E-state index in [-0.39, 0.29) is 30.2 Å². The van der Waals surface area contributed by atoms with Gasteiger partial charge in [0, 0.05) is 53.3 Å². The van der Waals surface area contributed by atoms with Gasteiger partial charge in [0.1, 0.15) is 17.4 Å². The van der Waals surface area contributed by atoms with E-state index >= 15 is 0 Å². The van der Waals surface area contributed by atoms with E-state index in [4.69, 9.17) is 14.7 Å². The molecule has 1 aliphatic carbocycles. The van der Waals surface area contributed by atoms with Crippen molar-refractivity contribution in [3.63, 3.8) is 0 Å². The maximum atomic E-state index is 13.8. The van der Waals surface area contributed by atoms with Crippen molar-refractivity contribution >= 4 is 35.2 Å². The summed E-state index contributed by atoms with van der Waals surface area (Å²) in [5, 5.41) is 7.49. The first-order valence-corrected chi connectivity index (χ1v) is 17.4. The number of rotatable bonds is 6. The zero-order valence-corrected chi connectivity index (χ0v) is 29.0. The molecule has 1 amide bonds. The van der Waals surface area contributed by atoms with E-state index in [9.17, 15) is 9.59 Å². The Bertz CT molecular complexity index is 2230. The van der Waals surface area contributed by atoms with Crippen molar-refractivity contribution in [2.45, 2.75) is 62.6 Å². The molecule has 2 aromatic carbocycles. The van der Waals surface area contributed by atoms with Crippen LogP contribution in [0.1, 0.15) is 66.5 Å². The summed E-state index contributed by atoms with van der Waals surface area (Å²) >= 11 is 0. The number of benzene rings is 2. The van der Waals surface area contributed by atoms with Crippen molar-refractivity contribution < 1.29 is 14.3 Å². The number of nitrogens with zero attached hydrogens (tertiary/aromatic N) is 4. The predicted molar refractivity (Wildman–Crippen MR) is 197 cm³/mol. The highest BCUT2D eigenvalue weighted by Gasteiger charge is 2.41. The lowest BCUT2D eigenvalue weighted by atomic mass is 9.79. The van der Waals surface area contributed by atoms with Crippen LogP contribution in [0.3, 0.4) is 0 Å². The fourth-order valence-corrected chi connectivity index (χ4v) is 8.09. The Labute approximate surface area is 301 Å². The lowest BCUT2D eigenvalue weighted by Gasteiger charge is -2.31. The molecule has 51 heavy (non-hydrogen) atoms. The van der Waals surface area contributed by atoms with Crippen LogP contribution >= 0.6 is 12.4 Å². The molecule has 4 atom stereocenters. The number of ketones is 1. The second kappa shape index (κ2) is 13.5. The Kier molecular flexibility index (Phi) is 8.69. The number of methoxy groups -OCH3 is 1. The Morgan fingerprint density at radius 2 is 1.69 bits per heavy atom. The van der Waals surface area contributed by atoms with E-state index in [1.54, 1.807) is 0 Å². The normalized spacial score (nSPS) is 21.2. The highest BCUT2D eigenvalue weighted by Crippen LogP contribution is 2.40. The van der Waals surface area contributed by atoms with Crippen LogP contribution in [-0.4, -0.2) is 61.1 Å². The van der Waals surface area contributed by atoms with Gasteiger partial charge in [-0.3, -0.25) is 4.79 Å². The van der Waals surface area contributed by atoms with E-state index in [1.807, 2.05) is 12.4 Å². The number of nitrogens with one attached hydrogen (secondary N) is 4. The van der Waals surface area contributed by atoms with Crippen LogP contribution in [0.25, 0.3) is 44.7 Å². The van der Waals surface area contributed by atoms with Gasteiger partial charge >= 0.3 is 6.09 Å². The fourth-order valence-electron chi connectivity index (χ4n) is 8.09. The minimum absolute atomic E-state index is 0. The Morgan fingerprint density at radius 1 is 0.922 bits per heavy atom. The molecule has 1 unspecified atom stereocenters. The quantitative estimate of drug-likeness (QED) is 0.149. The summed E-state index contributed by atoms with van der Waals surface area (Å²) < 4.78 is 7.03. The Morgan fingerprint density at radius 3 is 2.49 bits per heavy atom. The molecule has 3 aliphatic rings. The van der Waals surface area contributed by atoms with Gasteiger partial charge in [0.15, 0.2) is 0 Å². The first-order valence-electron chi connectivity index (χ1n) is 17.4. The van der Waals surface area contributed by atoms with Gasteiger partial charge in [-0.05, 0) is 67.6 Å². The molecule has 9 rings (SSSR count). The van der Waals surface area contributed by atoms with Crippen molar-refractivity contribution in [2.75, 3.05) is 13.7 Å². The molecule has 0 radical (unpaired) electrons. The van der Waals surface area contributed by atoms with Gasteiger partial charge in [-0.15, -0.1) is 12.4 Å². The van der Waals surface area contributed by atoms with Gasteiger partial charge in [-0.1, -0.05) is 36.4 Å². The largest absolute Gasteiger partial charge is 0.453 e. The first-order chi connectivity index (χ1) is 24.5. The molecule has 11 nitrogen and oxygen atoms in total. The number of hydrogen-bond acceptors (Lipinski definition) is 7. The van der Waals surface area contributed by atoms with Crippen LogP contribution in [0.2, 0.25) is 0 Å². The zero-order chi connectivity index (χ0) is 33.8. The zero-order valence-electron chi connectivity index (χ0n) is 28.2. The number of aryl methyl sites for hydroxylation is 1. The number of pyridine rings is 1. The summed E-state index contributed by atoms with van der Waals surface area (Å²) in [6, 6.07) is 21.0. The average Bonchev–Trinajstić information content (AvgIpc) is 3.98. The van der Waals surface area contributed by atoms with E-state index in [0.29, 0.717) is 25.4 Å². The number of halogens is 1. The smallest absolute Gasteiger partial charge is 0.407 e. The highest BCUT2D eigenvalue weighted by molar-refractivity contribution is 5.89. The summed E-state index contributed by atoms with van der Waals surface area (Å²) in [7, 11) is 1.35. The number of alkyl carbamates (subject to hydrolysis) is 1. The van der Waals surface area contributed by atoms with Crippen molar-refractivity contribution in [1.29, 1.82) is 0 Å². The predicted octanol–water partition coefficient (Wildman–Crippen LogP) is 6.84. The molecule has 0 saturated carbocycles. The van der Waals surface area contributed by atoms with Gasteiger partial charge in [0.25, 0.3) is 0 Å². The Hall–Kier alpha value is -5.26. The number of aromatic nitrogens is 6. The van der Waals surface area contributed by atoms with Crippen molar-refractivity contribution in [3.05, 3.63) is 102 Å². The number of fused-ring (bicyclic) bond motifs is 1. The molecule has 260 valence electrons. The molecule has 2 aliphatic heterocycles. The number of aromatic amines is 2. The minimum Gasteiger partial charge on any atom is -0.453 e. The Balaban J connectivity index is 0.00000374.